The number of hydrogen-bond acceptors (Lipinski definition) is 2. The Bertz CT molecular complexity index is 547. The Hall–Kier alpha value is -2.36. The lowest BCUT2D eigenvalue weighted by Crippen LogP contribution is -2.08. The molecule has 0 radical (unpaired) electrons. The average Bonchev–Trinajstić information content (AvgIpc) is 2.85. The van der Waals surface area contributed by atoms with Crippen LogP contribution in [0.5, 0.6) is 0 Å². The number of benzene rings is 1. The molecule has 0 aliphatic rings. The Kier molecular flexibility index (Phi) is 3.05. The smallest absolute Gasteiger partial charge is 0.247 e. The Labute approximate surface area is 97.6 Å². The van der Waals surface area contributed by atoms with Gasteiger partial charge in [0.15, 0.2) is 0 Å². The lowest BCUT2D eigenvalue weighted by Gasteiger charge is -2.05. The number of carbonyl (C=O) groups excluding carboxylic acids is 1. The largest absolute Gasteiger partial charge is 0.464 e. The molecule has 1 aromatic carbocycles. The fraction of sp³-hybridized carbons (Fsp3) is 0. The van der Waals surface area contributed by atoms with Gasteiger partial charge in [0.05, 0.1) is 12.0 Å². The maximum Gasteiger partial charge on any atom is 0.247 e. The molecular formula is C13H10FNO2. The van der Waals surface area contributed by atoms with E-state index in [0.29, 0.717) is 11.3 Å². The van der Waals surface area contributed by atoms with Gasteiger partial charge in [-0.25, -0.2) is 4.39 Å². The van der Waals surface area contributed by atoms with Gasteiger partial charge in [-0.15, -0.1) is 0 Å². The van der Waals surface area contributed by atoms with Crippen LogP contribution in [0.1, 0.15) is 0 Å². The van der Waals surface area contributed by atoms with Gasteiger partial charge in [-0.3, -0.25) is 4.79 Å². The number of halogens is 1. The van der Waals surface area contributed by atoms with Crippen molar-refractivity contribution in [3.8, 4) is 11.3 Å². The van der Waals surface area contributed by atoms with Gasteiger partial charge in [-0.1, -0.05) is 6.58 Å². The van der Waals surface area contributed by atoms with Crippen LogP contribution in [-0.4, -0.2) is 5.91 Å². The van der Waals surface area contributed by atoms with E-state index < -0.39 is 11.7 Å². The molecule has 2 aromatic rings. The van der Waals surface area contributed by atoms with Gasteiger partial charge in [0.25, 0.3) is 0 Å². The Balaban J connectivity index is 2.29. The molecule has 2 rings (SSSR count). The zero-order chi connectivity index (χ0) is 12.3. The summed E-state index contributed by atoms with van der Waals surface area (Å²) in [7, 11) is 0. The molecule has 0 bridgehead atoms. The van der Waals surface area contributed by atoms with E-state index in [1.54, 1.807) is 18.2 Å². The van der Waals surface area contributed by atoms with Gasteiger partial charge in [0, 0.05) is 5.56 Å². The van der Waals surface area contributed by atoms with Crippen molar-refractivity contribution in [2.45, 2.75) is 0 Å². The molecule has 1 heterocycles. The highest BCUT2D eigenvalue weighted by molar-refractivity contribution is 5.99. The van der Waals surface area contributed by atoms with Gasteiger partial charge in [0.2, 0.25) is 5.91 Å². The van der Waals surface area contributed by atoms with Crippen LogP contribution in [0.25, 0.3) is 11.3 Å². The second kappa shape index (κ2) is 4.65. The van der Waals surface area contributed by atoms with E-state index in [0.717, 1.165) is 6.08 Å². The molecule has 0 atom stereocenters. The van der Waals surface area contributed by atoms with Gasteiger partial charge in [-0.2, -0.15) is 0 Å². The normalized spacial score (nSPS) is 9.94. The van der Waals surface area contributed by atoms with E-state index in [4.69, 9.17) is 4.42 Å². The number of anilines is 1. The molecule has 1 amide bonds. The van der Waals surface area contributed by atoms with E-state index in [1.165, 1.54) is 18.4 Å². The van der Waals surface area contributed by atoms with Crippen molar-refractivity contribution in [1.82, 2.24) is 0 Å². The third-order valence-electron chi connectivity index (χ3n) is 2.22. The summed E-state index contributed by atoms with van der Waals surface area (Å²) in [6.45, 7) is 3.30. The molecule has 0 saturated heterocycles. The SMILES string of the molecule is C=CC(=O)Nc1ccc(-c2ccco2)cc1F. The van der Waals surface area contributed by atoms with Crippen molar-refractivity contribution < 1.29 is 13.6 Å². The number of rotatable bonds is 3. The topological polar surface area (TPSA) is 42.2 Å². The fourth-order valence-electron chi connectivity index (χ4n) is 1.40. The maximum atomic E-state index is 13.6. The van der Waals surface area contributed by atoms with Crippen LogP contribution in [0.4, 0.5) is 10.1 Å². The predicted octanol–water partition coefficient (Wildman–Crippen LogP) is 3.21. The monoisotopic (exact) mass is 231 g/mol. The highest BCUT2D eigenvalue weighted by Crippen LogP contribution is 2.24. The first-order valence-electron chi connectivity index (χ1n) is 4.97. The molecule has 4 heteroatoms. The van der Waals surface area contributed by atoms with Crippen molar-refractivity contribution in [1.29, 1.82) is 0 Å². The standard InChI is InChI=1S/C13H10FNO2/c1-2-13(16)15-11-6-5-9(8-10(11)14)12-4-3-7-17-12/h2-8H,1H2,(H,15,16). The molecule has 0 aliphatic heterocycles. The maximum absolute atomic E-state index is 13.6. The van der Waals surface area contributed by atoms with Gasteiger partial charge >= 0.3 is 0 Å². The van der Waals surface area contributed by atoms with Crippen molar-refractivity contribution >= 4 is 11.6 Å². The summed E-state index contributed by atoms with van der Waals surface area (Å²) in [6.07, 6.45) is 2.60. The molecule has 17 heavy (non-hydrogen) atoms. The Morgan fingerprint density at radius 3 is 2.82 bits per heavy atom. The molecule has 86 valence electrons. The van der Waals surface area contributed by atoms with Crippen LogP contribution in [0, 0.1) is 5.82 Å². The summed E-state index contributed by atoms with van der Waals surface area (Å²) in [5.74, 6) is -0.394. The zero-order valence-corrected chi connectivity index (χ0v) is 8.94. The number of carbonyl (C=O) groups is 1. The minimum Gasteiger partial charge on any atom is -0.464 e. The summed E-state index contributed by atoms with van der Waals surface area (Å²) in [6, 6.07) is 7.91. The summed E-state index contributed by atoms with van der Waals surface area (Å²) in [4.78, 5) is 11.0. The molecule has 1 aromatic heterocycles. The minimum absolute atomic E-state index is 0.116. The van der Waals surface area contributed by atoms with E-state index >= 15 is 0 Å². The summed E-state index contributed by atoms with van der Waals surface area (Å²) < 4.78 is 18.8. The summed E-state index contributed by atoms with van der Waals surface area (Å²) in [5, 5.41) is 2.37. The predicted molar refractivity (Wildman–Crippen MR) is 62.9 cm³/mol. The van der Waals surface area contributed by atoms with E-state index in [2.05, 4.69) is 11.9 Å². The second-order valence-electron chi connectivity index (χ2n) is 3.37. The molecule has 0 spiro atoms. The van der Waals surface area contributed by atoms with Crippen LogP contribution in [0.2, 0.25) is 0 Å². The number of hydrogen-bond donors (Lipinski definition) is 1. The van der Waals surface area contributed by atoms with E-state index in [9.17, 15) is 9.18 Å². The second-order valence-corrected chi connectivity index (χ2v) is 3.37. The van der Waals surface area contributed by atoms with Crippen LogP contribution in [0.3, 0.4) is 0 Å². The van der Waals surface area contributed by atoms with Crippen molar-refractivity contribution in [3.05, 3.63) is 55.1 Å². The van der Waals surface area contributed by atoms with Gasteiger partial charge < -0.3 is 9.73 Å². The first-order chi connectivity index (χ1) is 8.20. The van der Waals surface area contributed by atoms with Crippen LogP contribution < -0.4 is 5.32 Å². The highest BCUT2D eigenvalue weighted by Gasteiger charge is 2.07. The molecule has 0 unspecified atom stereocenters. The molecular weight excluding hydrogens is 221 g/mol. The summed E-state index contributed by atoms with van der Waals surface area (Å²) in [5.41, 5.74) is 0.731. The van der Waals surface area contributed by atoms with Crippen LogP contribution in [0.15, 0.2) is 53.7 Å². The third kappa shape index (κ3) is 2.42. The Morgan fingerprint density at radius 1 is 1.41 bits per heavy atom. The van der Waals surface area contributed by atoms with Crippen LogP contribution in [-0.2, 0) is 4.79 Å². The molecule has 0 aliphatic carbocycles. The minimum atomic E-state index is -0.519. The number of nitrogens with one attached hydrogen (secondary N) is 1. The van der Waals surface area contributed by atoms with Gasteiger partial charge in [-0.05, 0) is 36.4 Å². The fourth-order valence-corrected chi connectivity index (χ4v) is 1.40. The molecule has 0 saturated carbocycles. The van der Waals surface area contributed by atoms with Crippen LogP contribution >= 0.6 is 0 Å². The first kappa shape index (κ1) is 11.1. The zero-order valence-electron chi connectivity index (χ0n) is 8.94. The number of furan rings is 1. The van der Waals surface area contributed by atoms with Gasteiger partial charge in [0.1, 0.15) is 11.6 Å². The lowest BCUT2D eigenvalue weighted by atomic mass is 10.1. The lowest BCUT2D eigenvalue weighted by molar-refractivity contribution is -0.111. The van der Waals surface area contributed by atoms with Crippen molar-refractivity contribution in [3.63, 3.8) is 0 Å². The number of amides is 1. The van der Waals surface area contributed by atoms with E-state index in [1.807, 2.05) is 0 Å². The molecule has 1 N–H and O–H groups in total. The third-order valence-corrected chi connectivity index (χ3v) is 2.22. The highest BCUT2D eigenvalue weighted by atomic mass is 19.1. The van der Waals surface area contributed by atoms with E-state index in [-0.39, 0.29) is 5.69 Å². The first-order valence-corrected chi connectivity index (χ1v) is 4.97. The molecule has 3 nitrogen and oxygen atoms in total. The Morgan fingerprint density at radius 2 is 2.24 bits per heavy atom. The van der Waals surface area contributed by atoms with Crippen molar-refractivity contribution in [2.24, 2.45) is 0 Å². The average molecular weight is 231 g/mol. The molecule has 0 fully saturated rings. The summed E-state index contributed by atoms with van der Waals surface area (Å²) >= 11 is 0. The van der Waals surface area contributed by atoms with Crippen molar-refractivity contribution in [2.75, 3.05) is 5.32 Å². The quantitative estimate of drug-likeness (QED) is 0.824.